The molecule has 16 heavy (non-hydrogen) atoms. The molecule has 2 saturated heterocycles. The van der Waals surface area contributed by atoms with E-state index in [0.717, 1.165) is 19.3 Å². The Kier molecular flexibility index (Phi) is 5.03. The number of nitrogens with one attached hydrogen (secondary N) is 1. The zero-order valence-corrected chi connectivity index (χ0v) is 10.5. The molecule has 94 valence electrons. The predicted octanol–water partition coefficient (Wildman–Crippen LogP) is 0.00240. The Morgan fingerprint density at radius 3 is 2.50 bits per heavy atom. The number of hydrogen-bond acceptors (Lipinski definition) is 4. The van der Waals surface area contributed by atoms with Gasteiger partial charge in [0, 0.05) is 65.1 Å². The molecule has 2 fully saturated rings. The van der Waals surface area contributed by atoms with Crippen molar-refractivity contribution in [3.05, 3.63) is 0 Å². The summed E-state index contributed by atoms with van der Waals surface area (Å²) in [6.45, 7) is 12.4. The van der Waals surface area contributed by atoms with Crippen LogP contribution >= 0.6 is 0 Å². The largest absolute Gasteiger partial charge is 0.382 e. The van der Waals surface area contributed by atoms with Crippen molar-refractivity contribution in [2.24, 2.45) is 0 Å². The minimum Gasteiger partial charge on any atom is -0.382 e. The molecule has 1 N–H and O–H groups in total. The van der Waals surface area contributed by atoms with E-state index in [4.69, 9.17) is 4.74 Å². The maximum atomic E-state index is 5.37. The van der Waals surface area contributed by atoms with Gasteiger partial charge in [-0.25, -0.2) is 0 Å². The van der Waals surface area contributed by atoms with Crippen LogP contribution in [0, 0.1) is 0 Å². The summed E-state index contributed by atoms with van der Waals surface area (Å²) in [4.78, 5) is 5.21. The summed E-state index contributed by atoms with van der Waals surface area (Å²) < 4.78 is 5.37. The summed E-state index contributed by atoms with van der Waals surface area (Å²) in [6.07, 6.45) is 1.18. The molecule has 0 aromatic heterocycles. The summed E-state index contributed by atoms with van der Waals surface area (Å²) in [5.41, 5.74) is 0. The number of rotatable bonds is 6. The van der Waals surface area contributed by atoms with Gasteiger partial charge in [-0.1, -0.05) is 0 Å². The number of piperazine rings is 1. The molecule has 0 aromatic rings. The summed E-state index contributed by atoms with van der Waals surface area (Å²) in [5.74, 6) is 0. The molecule has 0 aromatic carbocycles. The minimum atomic E-state index is 0.825. The molecule has 2 aliphatic heterocycles. The van der Waals surface area contributed by atoms with Crippen molar-refractivity contribution in [3.8, 4) is 0 Å². The molecule has 0 spiro atoms. The smallest absolute Gasteiger partial charge is 0.0478 e. The van der Waals surface area contributed by atoms with Gasteiger partial charge < -0.3 is 15.0 Å². The molecule has 0 unspecified atom stereocenters. The van der Waals surface area contributed by atoms with Crippen LogP contribution in [-0.2, 0) is 4.74 Å². The van der Waals surface area contributed by atoms with Crippen LogP contribution in [0.5, 0.6) is 0 Å². The predicted molar refractivity (Wildman–Crippen MR) is 65.8 cm³/mol. The number of nitrogens with zero attached hydrogens (tertiary/aromatic N) is 2. The molecule has 0 radical (unpaired) electrons. The molecule has 0 atom stereocenters. The lowest BCUT2D eigenvalue weighted by molar-refractivity contribution is 0.0652. The number of ether oxygens (including phenoxy) is 1. The first-order valence-electron chi connectivity index (χ1n) is 6.65. The third-order valence-corrected chi connectivity index (χ3v) is 3.65. The first kappa shape index (κ1) is 12.3. The lowest BCUT2D eigenvalue weighted by Gasteiger charge is -2.43. The highest BCUT2D eigenvalue weighted by Gasteiger charge is 2.27. The van der Waals surface area contributed by atoms with Crippen molar-refractivity contribution in [1.82, 2.24) is 15.1 Å². The van der Waals surface area contributed by atoms with Crippen molar-refractivity contribution >= 4 is 0 Å². The van der Waals surface area contributed by atoms with Crippen LogP contribution in [0.25, 0.3) is 0 Å². The summed E-state index contributed by atoms with van der Waals surface area (Å²) >= 11 is 0. The molecule has 4 heteroatoms. The van der Waals surface area contributed by atoms with Gasteiger partial charge in [-0.05, 0) is 13.3 Å². The molecular weight excluding hydrogens is 202 g/mol. The average molecular weight is 227 g/mol. The molecule has 2 aliphatic rings. The van der Waals surface area contributed by atoms with Crippen LogP contribution in [-0.4, -0.2) is 74.9 Å². The zero-order chi connectivity index (χ0) is 11.2. The summed E-state index contributed by atoms with van der Waals surface area (Å²) in [5, 5.41) is 3.35. The van der Waals surface area contributed by atoms with Crippen LogP contribution in [0.4, 0.5) is 0 Å². The van der Waals surface area contributed by atoms with Crippen LogP contribution in [0.2, 0.25) is 0 Å². The van der Waals surface area contributed by atoms with Crippen LogP contribution in [0.3, 0.4) is 0 Å². The van der Waals surface area contributed by atoms with E-state index in [2.05, 4.69) is 22.0 Å². The van der Waals surface area contributed by atoms with E-state index in [9.17, 15) is 0 Å². The highest BCUT2D eigenvalue weighted by molar-refractivity contribution is 4.87. The van der Waals surface area contributed by atoms with Crippen molar-refractivity contribution in [1.29, 1.82) is 0 Å². The van der Waals surface area contributed by atoms with E-state index in [0.29, 0.717) is 0 Å². The van der Waals surface area contributed by atoms with Crippen LogP contribution < -0.4 is 5.32 Å². The van der Waals surface area contributed by atoms with Gasteiger partial charge in [0.05, 0.1) is 0 Å². The van der Waals surface area contributed by atoms with Crippen molar-refractivity contribution in [2.75, 3.05) is 59.0 Å². The van der Waals surface area contributed by atoms with E-state index < -0.39 is 0 Å². The summed E-state index contributed by atoms with van der Waals surface area (Å²) in [6, 6.07) is 0.825. The quantitative estimate of drug-likeness (QED) is 0.647. The van der Waals surface area contributed by atoms with E-state index in [-0.39, 0.29) is 0 Å². The van der Waals surface area contributed by atoms with Crippen molar-refractivity contribution in [3.63, 3.8) is 0 Å². The van der Waals surface area contributed by atoms with Gasteiger partial charge in [0.1, 0.15) is 0 Å². The Labute approximate surface area is 98.9 Å². The molecule has 0 saturated carbocycles. The van der Waals surface area contributed by atoms with Crippen LogP contribution in [0.15, 0.2) is 0 Å². The monoisotopic (exact) mass is 227 g/mol. The second-order valence-electron chi connectivity index (χ2n) is 4.74. The average Bonchev–Trinajstić information content (AvgIpc) is 2.24. The lowest BCUT2D eigenvalue weighted by Crippen LogP contribution is -2.61. The maximum absolute atomic E-state index is 5.37. The minimum absolute atomic E-state index is 0.825. The Hall–Kier alpha value is -0.160. The molecule has 2 heterocycles. The van der Waals surface area contributed by atoms with Crippen molar-refractivity contribution in [2.45, 2.75) is 19.4 Å². The van der Waals surface area contributed by atoms with Gasteiger partial charge in [0.2, 0.25) is 0 Å². The zero-order valence-electron chi connectivity index (χ0n) is 10.5. The van der Waals surface area contributed by atoms with Crippen molar-refractivity contribution < 1.29 is 4.74 Å². The van der Waals surface area contributed by atoms with E-state index in [1.54, 1.807) is 0 Å². The van der Waals surface area contributed by atoms with Gasteiger partial charge in [0.25, 0.3) is 0 Å². The highest BCUT2D eigenvalue weighted by Crippen LogP contribution is 2.09. The number of hydrogen-bond donors (Lipinski definition) is 1. The topological polar surface area (TPSA) is 27.7 Å². The van der Waals surface area contributed by atoms with E-state index in [1.807, 2.05) is 0 Å². The van der Waals surface area contributed by atoms with Gasteiger partial charge in [-0.3, -0.25) is 4.90 Å². The standard InChI is InChI=1S/C12H25N3O/c1-2-16-9-3-4-14-5-7-15(8-6-14)12-10-13-11-12/h12-13H,2-11H2,1H3. The van der Waals surface area contributed by atoms with Gasteiger partial charge in [-0.15, -0.1) is 0 Å². The molecule has 0 amide bonds. The van der Waals surface area contributed by atoms with Gasteiger partial charge in [0.15, 0.2) is 0 Å². The Balaban J connectivity index is 1.54. The molecule has 4 nitrogen and oxygen atoms in total. The second kappa shape index (κ2) is 6.55. The van der Waals surface area contributed by atoms with Crippen LogP contribution in [0.1, 0.15) is 13.3 Å². The Morgan fingerprint density at radius 1 is 1.19 bits per heavy atom. The third kappa shape index (κ3) is 3.42. The molecule has 2 rings (SSSR count). The van der Waals surface area contributed by atoms with Gasteiger partial charge >= 0.3 is 0 Å². The third-order valence-electron chi connectivity index (χ3n) is 3.65. The molecule has 0 bridgehead atoms. The first-order chi connectivity index (χ1) is 7.90. The van der Waals surface area contributed by atoms with Gasteiger partial charge in [-0.2, -0.15) is 0 Å². The lowest BCUT2D eigenvalue weighted by atomic mass is 10.1. The Bertz CT molecular complexity index is 189. The molecule has 0 aliphatic carbocycles. The van der Waals surface area contributed by atoms with E-state index >= 15 is 0 Å². The fourth-order valence-electron chi connectivity index (χ4n) is 2.42. The first-order valence-corrected chi connectivity index (χ1v) is 6.65. The fourth-order valence-corrected chi connectivity index (χ4v) is 2.42. The second-order valence-corrected chi connectivity index (χ2v) is 4.74. The fraction of sp³-hybridized carbons (Fsp3) is 1.00. The Morgan fingerprint density at radius 2 is 1.94 bits per heavy atom. The molecular formula is C12H25N3O. The normalized spacial score (nSPS) is 24.6. The summed E-state index contributed by atoms with van der Waals surface area (Å²) in [7, 11) is 0. The maximum Gasteiger partial charge on any atom is 0.0478 e. The SMILES string of the molecule is CCOCCCN1CCN(C2CNC2)CC1. The highest BCUT2D eigenvalue weighted by atomic mass is 16.5. The van der Waals surface area contributed by atoms with E-state index in [1.165, 1.54) is 52.2 Å².